The highest BCUT2D eigenvalue weighted by Crippen LogP contribution is 2.39. The van der Waals surface area contributed by atoms with E-state index in [4.69, 9.17) is 4.52 Å². The van der Waals surface area contributed by atoms with Gasteiger partial charge in [0.05, 0.1) is 0 Å². The molecule has 28 heavy (non-hydrogen) atoms. The smallest absolute Gasteiger partial charge is 0.361 e. The third-order valence-electron chi connectivity index (χ3n) is 5.15. The Morgan fingerprint density at radius 3 is 2.57 bits per heavy atom. The van der Waals surface area contributed by atoms with E-state index in [2.05, 4.69) is 21.7 Å². The number of carbonyl (C=O) groups is 1. The molecule has 0 spiro atoms. The maximum absolute atomic E-state index is 13.1. The molecule has 2 aromatic heterocycles. The van der Waals surface area contributed by atoms with Crippen LogP contribution in [0.15, 0.2) is 70.6 Å². The largest absolute Gasteiger partial charge is 0.438 e. The number of aromatic nitrogens is 3. The van der Waals surface area contributed by atoms with Crippen molar-refractivity contribution in [1.82, 2.24) is 20.0 Å². The molecule has 7 heteroatoms. The van der Waals surface area contributed by atoms with Crippen LogP contribution in [0.25, 0.3) is 16.6 Å². The van der Waals surface area contributed by atoms with E-state index in [1.165, 1.54) is 0 Å². The van der Waals surface area contributed by atoms with Crippen LogP contribution in [0.1, 0.15) is 33.4 Å². The van der Waals surface area contributed by atoms with Crippen molar-refractivity contribution in [3.8, 4) is 0 Å². The van der Waals surface area contributed by atoms with E-state index >= 15 is 0 Å². The number of nitrogens with zero attached hydrogens (tertiary/aromatic N) is 2. The van der Waals surface area contributed by atoms with Gasteiger partial charge in [0.2, 0.25) is 0 Å². The average molecular weight is 372 g/mol. The fourth-order valence-corrected chi connectivity index (χ4v) is 3.84. The van der Waals surface area contributed by atoms with Crippen LogP contribution in [0.3, 0.4) is 0 Å². The summed E-state index contributed by atoms with van der Waals surface area (Å²) >= 11 is 0. The molecule has 1 aliphatic heterocycles. The van der Waals surface area contributed by atoms with Crippen molar-refractivity contribution >= 4 is 22.5 Å². The van der Waals surface area contributed by atoms with Crippen LogP contribution < -0.4 is 5.76 Å². The first-order valence-electron chi connectivity index (χ1n) is 8.86. The number of hydrogen-bond donors (Lipinski definition) is 2. The van der Waals surface area contributed by atoms with E-state index < -0.39 is 11.8 Å². The second-order valence-corrected chi connectivity index (χ2v) is 6.73. The molecule has 0 aliphatic carbocycles. The Morgan fingerprint density at radius 1 is 1.07 bits per heavy atom. The number of aromatic amines is 2. The standard InChI is InChI=1S/C21H16N4O3/c1-12-14-6-2-3-8-16(14)20(26)25(12)18(19-23-21(27)28-24-19)10-13-11-22-17-9-5-4-7-15(13)17/h2-9,11,18,22H,1,10H2,(H,23,24,27)/t18-/m0/s1. The molecule has 0 fully saturated rings. The van der Waals surface area contributed by atoms with Crippen LogP contribution >= 0.6 is 0 Å². The van der Waals surface area contributed by atoms with Crippen LogP contribution in [-0.4, -0.2) is 25.9 Å². The number of para-hydroxylation sites is 1. The Balaban J connectivity index is 1.61. The number of fused-ring (bicyclic) bond motifs is 2. The Labute approximate surface area is 159 Å². The molecule has 4 aromatic rings. The summed E-state index contributed by atoms with van der Waals surface area (Å²) < 4.78 is 4.72. The van der Waals surface area contributed by atoms with Crippen molar-refractivity contribution in [2.24, 2.45) is 0 Å². The third kappa shape index (κ3) is 2.40. The van der Waals surface area contributed by atoms with Gasteiger partial charge in [0.1, 0.15) is 6.04 Å². The van der Waals surface area contributed by atoms with E-state index in [9.17, 15) is 9.59 Å². The molecule has 138 valence electrons. The van der Waals surface area contributed by atoms with Crippen LogP contribution in [0.4, 0.5) is 0 Å². The van der Waals surface area contributed by atoms with Crippen LogP contribution in [-0.2, 0) is 6.42 Å². The molecule has 0 bridgehead atoms. The Kier molecular flexibility index (Phi) is 3.55. The van der Waals surface area contributed by atoms with Crippen molar-refractivity contribution in [2.45, 2.75) is 12.5 Å². The van der Waals surface area contributed by atoms with E-state index in [1.54, 1.807) is 11.0 Å². The van der Waals surface area contributed by atoms with Crippen LogP contribution in [0.5, 0.6) is 0 Å². The maximum atomic E-state index is 13.1. The lowest BCUT2D eigenvalue weighted by atomic mass is 10.0. The molecular weight excluding hydrogens is 356 g/mol. The molecule has 2 N–H and O–H groups in total. The van der Waals surface area contributed by atoms with Gasteiger partial charge in [0.25, 0.3) is 5.91 Å². The maximum Gasteiger partial charge on any atom is 0.438 e. The molecule has 7 nitrogen and oxygen atoms in total. The molecule has 0 saturated carbocycles. The van der Waals surface area contributed by atoms with E-state index in [0.29, 0.717) is 17.7 Å². The van der Waals surface area contributed by atoms with E-state index in [0.717, 1.165) is 22.0 Å². The minimum Gasteiger partial charge on any atom is -0.361 e. The number of carbonyl (C=O) groups excluding carboxylic acids is 1. The number of hydrogen-bond acceptors (Lipinski definition) is 4. The number of benzene rings is 2. The van der Waals surface area contributed by atoms with Crippen molar-refractivity contribution in [3.63, 3.8) is 0 Å². The molecule has 1 amide bonds. The lowest BCUT2D eigenvalue weighted by Gasteiger charge is -2.26. The summed E-state index contributed by atoms with van der Waals surface area (Å²) in [5.41, 5.74) is 3.94. The van der Waals surface area contributed by atoms with Crippen LogP contribution in [0, 0.1) is 0 Å². The van der Waals surface area contributed by atoms with E-state index in [-0.39, 0.29) is 11.7 Å². The Hall–Kier alpha value is -3.87. The Bertz CT molecular complexity index is 1240. The highest BCUT2D eigenvalue weighted by atomic mass is 16.5. The summed E-state index contributed by atoms with van der Waals surface area (Å²) in [5, 5.41) is 4.91. The minimum absolute atomic E-state index is 0.172. The molecule has 5 rings (SSSR count). The van der Waals surface area contributed by atoms with Gasteiger partial charge in [-0.25, -0.2) is 4.79 Å². The number of H-pyrrole nitrogens is 2. The number of rotatable bonds is 4. The second-order valence-electron chi connectivity index (χ2n) is 6.73. The van der Waals surface area contributed by atoms with Gasteiger partial charge in [0.15, 0.2) is 5.82 Å². The fraction of sp³-hybridized carbons (Fsp3) is 0.0952. The van der Waals surface area contributed by atoms with Gasteiger partial charge in [-0.3, -0.25) is 19.2 Å². The SMILES string of the molecule is C=C1c2ccccc2C(=O)N1[C@@H](Cc1c[nH]c2ccccc12)c1noc(=O)[nH]1. The fourth-order valence-electron chi connectivity index (χ4n) is 3.84. The minimum atomic E-state index is -0.659. The van der Waals surface area contributed by atoms with Gasteiger partial charge in [0, 0.05) is 40.3 Å². The van der Waals surface area contributed by atoms with Crippen molar-refractivity contribution in [3.05, 3.63) is 94.4 Å². The topological polar surface area (TPSA) is 95.0 Å². The zero-order valence-corrected chi connectivity index (χ0v) is 14.8. The van der Waals surface area contributed by atoms with Gasteiger partial charge >= 0.3 is 5.76 Å². The monoisotopic (exact) mass is 372 g/mol. The zero-order valence-electron chi connectivity index (χ0n) is 14.8. The molecule has 1 aliphatic rings. The highest BCUT2D eigenvalue weighted by molar-refractivity contribution is 6.09. The molecule has 0 unspecified atom stereocenters. The summed E-state index contributed by atoms with van der Waals surface area (Å²) in [6.07, 6.45) is 2.34. The Morgan fingerprint density at radius 2 is 1.82 bits per heavy atom. The zero-order chi connectivity index (χ0) is 19.3. The number of nitrogens with one attached hydrogen (secondary N) is 2. The second kappa shape index (κ2) is 6.09. The highest BCUT2D eigenvalue weighted by Gasteiger charge is 2.38. The lowest BCUT2D eigenvalue weighted by Crippen LogP contribution is -2.30. The van der Waals surface area contributed by atoms with Crippen molar-refractivity contribution < 1.29 is 9.32 Å². The summed E-state index contributed by atoms with van der Waals surface area (Å²) in [6, 6.07) is 14.7. The molecule has 0 saturated heterocycles. The molecular formula is C21H16N4O3. The summed E-state index contributed by atoms with van der Waals surface area (Å²) in [7, 11) is 0. The van der Waals surface area contributed by atoms with Gasteiger partial charge in [-0.2, -0.15) is 0 Å². The molecule has 0 radical (unpaired) electrons. The summed E-state index contributed by atoms with van der Waals surface area (Å²) in [5.74, 6) is -0.541. The quantitative estimate of drug-likeness (QED) is 0.575. The first-order valence-corrected chi connectivity index (χ1v) is 8.86. The normalized spacial score (nSPS) is 14.6. The van der Waals surface area contributed by atoms with Crippen molar-refractivity contribution in [1.29, 1.82) is 0 Å². The van der Waals surface area contributed by atoms with Crippen molar-refractivity contribution in [2.75, 3.05) is 0 Å². The van der Waals surface area contributed by atoms with Gasteiger partial charge in [-0.05, 0) is 17.7 Å². The van der Waals surface area contributed by atoms with Crippen LogP contribution in [0.2, 0.25) is 0 Å². The first kappa shape index (κ1) is 16.3. The molecule has 3 heterocycles. The predicted octanol–water partition coefficient (Wildman–Crippen LogP) is 3.25. The lowest BCUT2D eigenvalue weighted by molar-refractivity contribution is 0.0796. The van der Waals surface area contributed by atoms with Gasteiger partial charge in [-0.15, -0.1) is 0 Å². The molecule has 2 aromatic carbocycles. The number of amides is 1. The average Bonchev–Trinajstić information content (AvgIpc) is 3.39. The third-order valence-corrected chi connectivity index (χ3v) is 5.15. The predicted molar refractivity (Wildman–Crippen MR) is 104 cm³/mol. The first-order chi connectivity index (χ1) is 13.6. The molecule has 1 atom stereocenters. The van der Waals surface area contributed by atoms with Gasteiger partial charge < -0.3 is 4.98 Å². The summed E-state index contributed by atoms with van der Waals surface area (Å²) in [4.78, 5) is 32.1. The van der Waals surface area contributed by atoms with Gasteiger partial charge in [-0.1, -0.05) is 48.1 Å². The summed E-state index contributed by atoms with van der Waals surface area (Å²) in [6.45, 7) is 4.12. The van der Waals surface area contributed by atoms with E-state index in [1.807, 2.05) is 48.7 Å².